The van der Waals surface area contributed by atoms with Crippen LogP contribution in [0.15, 0.2) is 29.2 Å². The lowest BCUT2D eigenvalue weighted by Gasteiger charge is -2.33. The molecule has 1 aliphatic heterocycles. The summed E-state index contributed by atoms with van der Waals surface area (Å²) in [5, 5.41) is 0. The van der Waals surface area contributed by atoms with Gasteiger partial charge in [-0.2, -0.15) is 0 Å². The van der Waals surface area contributed by atoms with Crippen molar-refractivity contribution in [3.8, 4) is 0 Å². The monoisotopic (exact) mass is 487 g/mol. The van der Waals surface area contributed by atoms with Crippen LogP contribution in [-0.2, 0) is 29.0 Å². The molecule has 1 aromatic carbocycles. The Labute approximate surface area is 196 Å². The van der Waals surface area contributed by atoms with E-state index >= 15 is 0 Å². The van der Waals surface area contributed by atoms with E-state index in [0.29, 0.717) is 45.2 Å². The molecule has 1 amide bonds. The van der Waals surface area contributed by atoms with Gasteiger partial charge >= 0.3 is 6.09 Å². The topological polar surface area (TPSA) is 129 Å². The number of nitrogen functional groups attached to an aromatic ring is 1. The first-order valence-electron chi connectivity index (χ1n) is 11.2. The van der Waals surface area contributed by atoms with E-state index in [-0.39, 0.29) is 30.2 Å². The number of nitrogens with one attached hydrogen (secondary N) is 1. The number of benzene rings is 1. The highest BCUT2D eigenvalue weighted by Gasteiger charge is 2.27. The van der Waals surface area contributed by atoms with Crippen molar-refractivity contribution in [2.75, 3.05) is 58.4 Å². The molecule has 0 radical (unpaired) electrons. The molecular formula is C22H37N3O7S. The molecule has 1 aliphatic rings. The number of hydrogen-bond acceptors (Lipinski definition) is 8. The second-order valence-electron chi connectivity index (χ2n) is 8.73. The summed E-state index contributed by atoms with van der Waals surface area (Å²) in [5.74, 6) is 0. The number of hydrogen-bond donors (Lipinski definition) is 2. The molecule has 0 saturated carbocycles. The molecule has 2 rings (SSSR count). The van der Waals surface area contributed by atoms with Crippen LogP contribution in [0.2, 0.25) is 0 Å². The summed E-state index contributed by atoms with van der Waals surface area (Å²) in [4.78, 5) is 13.9. The van der Waals surface area contributed by atoms with Crippen molar-refractivity contribution in [1.29, 1.82) is 0 Å². The van der Waals surface area contributed by atoms with Gasteiger partial charge in [0.25, 0.3) is 0 Å². The Bertz CT molecular complexity index is 817. The minimum absolute atomic E-state index is 0.109. The maximum Gasteiger partial charge on any atom is 0.410 e. The Kier molecular flexibility index (Phi) is 10.8. The maximum absolute atomic E-state index is 12.1. The number of carbonyl (C=O) groups excluding carboxylic acids is 1. The van der Waals surface area contributed by atoms with Crippen LogP contribution in [0.25, 0.3) is 0 Å². The molecule has 1 fully saturated rings. The lowest BCUT2D eigenvalue weighted by atomic mass is 10.1. The fourth-order valence-corrected chi connectivity index (χ4v) is 4.12. The van der Waals surface area contributed by atoms with Crippen LogP contribution in [-0.4, -0.2) is 83.8 Å². The number of rotatable bonds is 12. The first-order valence-corrected chi connectivity index (χ1v) is 12.7. The van der Waals surface area contributed by atoms with E-state index in [1.54, 1.807) is 17.0 Å². The number of amides is 1. The third kappa shape index (κ3) is 10.7. The number of nitrogens with two attached hydrogens (primary N) is 1. The molecule has 0 unspecified atom stereocenters. The zero-order valence-electron chi connectivity index (χ0n) is 19.7. The summed E-state index contributed by atoms with van der Waals surface area (Å²) in [6.45, 7) is 8.89. The zero-order chi connectivity index (χ0) is 24.3. The van der Waals surface area contributed by atoms with Crippen molar-refractivity contribution in [2.45, 2.75) is 50.2 Å². The number of piperidine rings is 1. The third-order valence-electron chi connectivity index (χ3n) is 4.78. The van der Waals surface area contributed by atoms with Crippen LogP contribution in [0, 0.1) is 0 Å². The molecule has 1 aromatic rings. The molecule has 3 N–H and O–H groups in total. The highest BCUT2D eigenvalue weighted by Crippen LogP contribution is 2.17. The minimum atomic E-state index is -3.57. The van der Waals surface area contributed by atoms with Gasteiger partial charge in [-0.05, 0) is 57.9 Å². The lowest BCUT2D eigenvalue weighted by molar-refractivity contribution is -0.0353. The van der Waals surface area contributed by atoms with Gasteiger partial charge in [0.05, 0.1) is 44.0 Å². The smallest absolute Gasteiger partial charge is 0.410 e. The third-order valence-corrected chi connectivity index (χ3v) is 6.25. The summed E-state index contributed by atoms with van der Waals surface area (Å²) in [5.41, 5.74) is 5.58. The number of likely N-dealkylation sites (tertiary alicyclic amines) is 1. The predicted molar refractivity (Wildman–Crippen MR) is 124 cm³/mol. The molecule has 1 heterocycles. The van der Waals surface area contributed by atoms with Gasteiger partial charge in [0.1, 0.15) is 5.60 Å². The van der Waals surface area contributed by atoms with Crippen LogP contribution in [0.4, 0.5) is 10.5 Å². The molecule has 0 bridgehead atoms. The Hall–Kier alpha value is -1.92. The van der Waals surface area contributed by atoms with Gasteiger partial charge in [0.15, 0.2) is 0 Å². The van der Waals surface area contributed by atoms with E-state index in [1.807, 2.05) is 20.8 Å². The summed E-state index contributed by atoms with van der Waals surface area (Å²) < 4.78 is 48.8. The Morgan fingerprint density at radius 3 is 2.21 bits per heavy atom. The zero-order valence-corrected chi connectivity index (χ0v) is 20.6. The van der Waals surface area contributed by atoms with Crippen molar-refractivity contribution in [2.24, 2.45) is 0 Å². The number of anilines is 1. The van der Waals surface area contributed by atoms with Gasteiger partial charge in [-0.15, -0.1) is 0 Å². The molecule has 33 heavy (non-hydrogen) atoms. The van der Waals surface area contributed by atoms with E-state index in [2.05, 4.69) is 4.72 Å². The molecule has 0 aromatic heterocycles. The molecule has 10 nitrogen and oxygen atoms in total. The molecule has 11 heteroatoms. The summed E-state index contributed by atoms with van der Waals surface area (Å²) >= 11 is 0. The van der Waals surface area contributed by atoms with Crippen molar-refractivity contribution in [3.05, 3.63) is 24.3 Å². The number of sulfonamides is 1. The van der Waals surface area contributed by atoms with Crippen LogP contribution >= 0.6 is 0 Å². The van der Waals surface area contributed by atoms with Crippen molar-refractivity contribution < 1.29 is 32.2 Å². The fourth-order valence-electron chi connectivity index (χ4n) is 3.11. The van der Waals surface area contributed by atoms with Crippen LogP contribution in [0.5, 0.6) is 0 Å². The van der Waals surface area contributed by atoms with Crippen molar-refractivity contribution in [3.63, 3.8) is 0 Å². The van der Waals surface area contributed by atoms with Gasteiger partial charge in [-0.25, -0.2) is 17.9 Å². The maximum atomic E-state index is 12.1. The molecule has 0 atom stereocenters. The largest absolute Gasteiger partial charge is 0.444 e. The average molecular weight is 488 g/mol. The first kappa shape index (κ1) is 27.3. The van der Waals surface area contributed by atoms with Gasteiger partial charge in [0.2, 0.25) is 10.0 Å². The first-order chi connectivity index (χ1) is 15.6. The number of nitrogens with zero attached hydrogens (tertiary/aromatic N) is 1. The Morgan fingerprint density at radius 2 is 1.61 bits per heavy atom. The van der Waals surface area contributed by atoms with E-state index < -0.39 is 15.6 Å². The molecular weight excluding hydrogens is 450 g/mol. The normalized spacial score (nSPS) is 15.5. The van der Waals surface area contributed by atoms with Crippen molar-refractivity contribution in [1.82, 2.24) is 9.62 Å². The summed E-state index contributed by atoms with van der Waals surface area (Å²) in [6, 6.07) is 6.00. The van der Waals surface area contributed by atoms with Gasteiger partial charge < -0.3 is 29.6 Å². The predicted octanol–water partition coefficient (Wildman–Crippen LogP) is 2.00. The Balaban J connectivity index is 1.45. The van der Waals surface area contributed by atoms with Gasteiger partial charge in [-0.1, -0.05) is 0 Å². The highest BCUT2D eigenvalue weighted by atomic mass is 32.2. The quantitative estimate of drug-likeness (QED) is 0.338. The summed E-state index contributed by atoms with van der Waals surface area (Å²) in [6.07, 6.45) is 1.38. The van der Waals surface area contributed by atoms with Crippen LogP contribution < -0.4 is 10.5 Å². The SMILES string of the molecule is CC(C)(C)OC(=O)N1CCC(OCCOCCOCCNS(=O)(=O)c2ccc(N)cc2)CC1. The van der Waals surface area contributed by atoms with Gasteiger partial charge in [-0.3, -0.25) is 0 Å². The minimum Gasteiger partial charge on any atom is -0.444 e. The van der Waals surface area contributed by atoms with E-state index in [1.165, 1.54) is 12.1 Å². The molecule has 188 valence electrons. The van der Waals surface area contributed by atoms with E-state index in [0.717, 1.165) is 12.8 Å². The van der Waals surface area contributed by atoms with E-state index in [4.69, 9.17) is 24.7 Å². The number of ether oxygens (including phenoxy) is 4. The molecule has 0 aliphatic carbocycles. The van der Waals surface area contributed by atoms with E-state index in [9.17, 15) is 13.2 Å². The fraction of sp³-hybridized carbons (Fsp3) is 0.682. The van der Waals surface area contributed by atoms with Crippen molar-refractivity contribution >= 4 is 21.8 Å². The lowest BCUT2D eigenvalue weighted by Crippen LogP contribution is -2.43. The van der Waals surface area contributed by atoms with Crippen LogP contribution in [0.1, 0.15) is 33.6 Å². The number of carbonyl (C=O) groups is 1. The second kappa shape index (κ2) is 13.1. The standard InChI is InChI=1S/C22H37N3O7S/c1-22(2,3)32-21(26)25-11-8-19(9-12-25)31-17-16-30-15-14-29-13-10-24-33(27,28)20-6-4-18(23)5-7-20/h4-7,19,24H,8-17,23H2,1-3H3. The Morgan fingerprint density at radius 1 is 1.03 bits per heavy atom. The molecule has 0 spiro atoms. The highest BCUT2D eigenvalue weighted by molar-refractivity contribution is 7.89. The average Bonchev–Trinajstić information content (AvgIpc) is 2.74. The summed E-state index contributed by atoms with van der Waals surface area (Å²) in [7, 11) is -3.57. The molecule has 1 saturated heterocycles. The van der Waals surface area contributed by atoms with Gasteiger partial charge in [0, 0.05) is 25.3 Å². The van der Waals surface area contributed by atoms with Crippen LogP contribution in [0.3, 0.4) is 0 Å². The second-order valence-corrected chi connectivity index (χ2v) is 10.5.